The van der Waals surface area contributed by atoms with Gasteiger partial charge in [-0.1, -0.05) is 6.07 Å². The first-order chi connectivity index (χ1) is 13.4. The topological polar surface area (TPSA) is 109 Å². The Morgan fingerprint density at radius 1 is 1.11 bits per heavy atom. The van der Waals surface area contributed by atoms with E-state index in [1.807, 2.05) is 0 Å². The normalized spacial score (nSPS) is 16.1. The van der Waals surface area contributed by atoms with Crippen molar-refractivity contribution in [3.05, 3.63) is 59.3 Å². The number of phenols is 1. The number of anilines is 1. The maximum atomic E-state index is 13.0. The molecule has 0 bridgehead atoms. The van der Waals surface area contributed by atoms with Crippen LogP contribution in [-0.4, -0.2) is 31.3 Å². The standard InChI is InChI=1S/C20H21N3O5/c1-11-17(19(25)22-13-5-7-14(27-2)8-6-13)18(23-20(26)21-11)12-4-9-15(24)16(10-12)28-3/h4-10,18,24H,1-3H3,(H,22,25)(H2,21,23,26)/t18-/m0/s1. The molecule has 3 amide bonds. The Labute approximate surface area is 162 Å². The summed E-state index contributed by atoms with van der Waals surface area (Å²) in [4.78, 5) is 25.0. The Balaban J connectivity index is 1.93. The predicted molar refractivity (Wildman–Crippen MR) is 103 cm³/mol. The number of carbonyl (C=O) groups excluding carboxylic acids is 2. The lowest BCUT2D eigenvalue weighted by Gasteiger charge is -2.29. The number of aromatic hydroxyl groups is 1. The molecule has 2 aromatic carbocycles. The van der Waals surface area contributed by atoms with Crippen molar-refractivity contribution >= 4 is 17.6 Å². The van der Waals surface area contributed by atoms with E-state index in [-0.39, 0.29) is 17.4 Å². The first-order valence-electron chi connectivity index (χ1n) is 8.53. The minimum Gasteiger partial charge on any atom is -0.504 e. The number of carbonyl (C=O) groups is 2. The summed E-state index contributed by atoms with van der Waals surface area (Å²) in [5.74, 6) is 0.524. The van der Waals surface area contributed by atoms with Crippen molar-refractivity contribution < 1.29 is 24.2 Å². The fraction of sp³-hybridized carbons (Fsp3) is 0.200. The molecule has 1 atom stereocenters. The quantitative estimate of drug-likeness (QED) is 0.635. The monoisotopic (exact) mass is 383 g/mol. The van der Waals surface area contributed by atoms with Crippen LogP contribution in [0.4, 0.5) is 10.5 Å². The van der Waals surface area contributed by atoms with E-state index < -0.39 is 12.1 Å². The van der Waals surface area contributed by atoms with Gasteiger partial charge in [-0.3, -0.25) is 4.79 Å². The number of nitrogens with one attached hydrogen (secondary N) is 3. The third-order valence-electron chi connectivity index (χ3n) is 4.40. The molecule has 4 N–H and O–H groups in total. The molecule has 0 fully saturated rings. The van der Waals surface area contributed by atoms with E-state index >= 15 is 0 Å². The highest BCUT2D eigenvalue weighted by molar-refractivity contribution is 6.06. The second kappa shape index (κ2) is 7.91. The average molecular weight is 383 g/mol. The molecule has 8 heteroatoms. The summed E-state index contributed by atoms with van der Waals surface area (Å²) >= 11 is 0. The van der Waals surface area contributed by atoms with Gasteiger partial charge in [-0.25, -0.2) is 4.79 Å². The van der Waals surface area contributed by atoms with Crippen LogP contribution in [0.1, 0.15) is 18.5 Å². The number of amides is 3. The number of ether oxygens (including phenoxy) is 2. The molecule has 0 unspecified atom stereocenters. The lowest BCUT2D eigenvalue weighted by atomic mass is 9.94. The second-order valence-electron chi connectivity index (χ2n) is 6.18. The second-order valence-corrected chi connectivity index (χ2v) is 6.18. The van der Waals surface area contributed by atoms with Crippen LogP contribution in [-0.2, 0) is 4.79 Å². The molecule has 146 valence electrons. The molecular weight excluding hydrogens is 362 g/mol. The lowest BCUT2D eigenvalue weighted by Crippen LogP contribution is -2.45. The largest absolute Gasteiger partial charge is 0.504 e. The van der Waals surface area contributed by atoms with Gasteiger partial charge in [0.15, 0.2) is 11.5 Å². The smallest absolute Gasteiger partial charge is 0.319 e. The Hall–Kier alpha value is -3.68. The number of benzene rings is 2. The van der Waals surface area contributed by atoms with Crippen LogP contribution < -0.4 is 25.4 Å². The summed E-state index contributed by atoms with van der Waals surface area (Å²) in [7, 11) is 2.99. The van der Waals surface area contributed by atoms with E-state index in [4.69, 9.17) is 9.47 Å². The van der Waals surface area contributed by atoms with Crippen LogP contribution in [0.25, 0.3) is 0 Å². The number of rotatable bonds is 5. The first-order valence-corrected chi connectivity index (χ1v) is 8.53. The summed E-state index contributed by atoms with van der Waals surface area (Å²) < 4.78 is 10.3. The summed E-state index contributed by atoms with van der Waals surface area (Å²) in [6, 6.07) is 10.5. The molecule has 28 heavy (non-hydrogen) atoms. The summed E-state index contributed by atoms with van der Waals surface area (Å²) in [5.41, 5.74) is 1.98. The third kappa shape index (κ3) is 3.85. The zero-order chi connectivity index (χ0) is 20.3. The minimum absolute atomic E-state index is 0.0311. The van der Waals surface area contributed by atoms with Crippen molar-refractivity contribution in [3.63, 3.8) is 0 Å². The van der Waals surface area contributed by atoms with E-state index in [0.717, 1.165) is 0 Å². The van der Waals surface area contributed by atoms with Gasteiger partial charge in [-0.2, -0.15) is 0 Å². The van der Waals surface area contributed by atoms with Gasteiger partial charge in [0.25, 0.3) is 5.91 Å². The van der Waals surface area contributed by atoms with E-state index in [2.05, 4.69) is 16.0 Å². The molecule has 2 aromatic rings. The number of hydrogen-bond acceptors (Lipinski definition) is 5. The molecule has 8 nitrogen and oxygen atoms in total. The fourth-order valence-corrected chi connectivity index (χ4v) is 2.99. The Bertz CT molecular complexity index is 937. The van der Waals surface area contributed by atoms with Crippen molar-refractivity contribution in [2.24, 2.45) is 0 Å². The Morgan fingerprint density at radius 2 is 1.82 bits per heavy atom. The molecule has 0 radical (unpaired) electrons. The van der Waals surface area contributed by atoms with Crippen LogP contribution in [0.15, 0.2) is 53.7 Å². The summed E-state index contributed by atoms with van der Waals surface area (Å²) in [6.07, 6.45) is 0. The van der Waals surface area contributed by atoms with Gasteiger partial charge in [0.05, 0.1) is 25.8 Å². The van der Waals surface area contributed by atoms with Crippen LogP contribution >= 0.6 is 0 Å². The summed E-state index contributed by atoms with van der Waals surface area (Å²) in [5, 5.41) is 18.0. The van der Waals surface area contributed by atoms with Gasteiger partial charge >= 0.3 is 6.03 Å². The molecule has 1 heterocycles. The maximum Gasteiger partial charge on any atom is 0.319 e. The molecule has 0 spiro atoms. The Morgan fingerprint density at radius 3 is 2.46 bits per heavy atom. The number of phenolic OH excluding ortho intramolecular Hbond substituents is 1. The van der Waals surface area contributed by atoms with Crippen molar-refractivity contribution in [2.75, 3.05) is 19.5 Å². The molecule has 0 saturated heterocycles. The van der Waals surface area contributed by atoms with E-state index in [1.165, 1.54) is 13.2 Å². The van der Waals surface area contributed by atoms with E-state index in [0.29, 0.717) is 28.3 Å². The highest BCUT2D eigenvalue weighted by Crippen LogP contribution is 2.33. The number of urea groups is 1. The lowest BCUT2D eigenvalue weighted by molar-refractivity contribution is -0.113. The van der Waals surface area contributed by atoms with Crippen LogP contribution in [0, 0.1) is 0 Å². The highest BCUT2D eigenvalue weighted by atomic mass is 16.5. The first kappa shape index (κ1) is 19.1. The number of methoxy groups -OCH3 is 2. The van der Waals surface area contributed by atoms with Crippen molar-refractivity contribution in [2.45, 2.75) is 13.0 Å². The average Bonchev–Trinajstić information content (AvgIpc) is 2.68. The zero-order valence-electron chi connectivity index (χ0n) is 15.7. The number of hydrogen-bond donors (Lipinski definition) is 4. The van der Waals surface area contributed by atoms with Crippen LogP contribution in [0.5, 0.6) is 17.2 Å². The molecule has 3 rings (SSSR count). The van der Waals surface area contributed by atoms with Gasteiger partial charge in [0.2, 0.25) is 0 Å². The van der Waals surface area contributed by atoms with E-state index in [1.54, 1.807) is 50.4 Å². The summed E-state index contributed by atoms with van der Waals surface area (Å²) in [6.45, 7) is 1.66. The van der Waals surface area contributed by atoms with Crippen molar-refractivity contribution in [1.82, 2.24) is 10.6 Å². The maximum absolute atomic E-state index is 13.0. The zero-order valence-corrected chi connectivity index (χ0v) is 15.7. The molecule has 0 saturated carbocycles. The van der Waals surface area contributed by atoms with E-state index in [9.17, 15) is 14.7 Å². The van der Waals surface area contributed by atoms with Gasteiger partial charge in [0.1, 0.15) is 5.75 Å². The molecule has 0 aliphatic carbocycles. The van der Waals surface area contributed by atoms with Crippen LogP contribution in [0.3, 0.4) is 0 Å². The highest BCUT2D eigenvalue weighted by Gasteiger charge is 2.31. The predicted octanol–water partition coefficient (Wildman–Crippen LogP) is 2.68. The third-order valence-corrected chi connectivity index (χ3v) is 4.40. The molecule has 0 aromatic heterocycles. The molecular formula is C20H21N3O5. The SMILES string of the molecule is COc1ccc(NC(=O)C2=C(C)NC(=O)N[C@H]2c2ccc(O)c(OC)c2)cc1. The molecule has 1 aliphatic rings. The van der Waals surface area contributed by atoms with Crippen molar-refractivity contribution in [3.8, 4) is 17.2 Å². The van der Waals surface area contributed by atoms with Gasteiger partial charge in [-0.05, 0) is 48.9 Å². The van der Waals surface area contributed by atoms with Gasteiger partial charge in [-0.15, -0.1) is 0 Å². The van der Waals surface area contributed by atoms with Crippen LogP contribution in [0.2, 0.25) is 0 Å². The van der Waals surface area contributed by atoms with Gasteiger partial charge < -0.3 is 30.5 Å². The Kier molecular flexibility index (Phi) is 5.39. The molecule has 1 aliphatic heterocycles. The fourth-order valence-electron chi connectivity index (χ4n) is 2.99. The van der Waals surface area contributed by atoms with Crippen molar-refractivity contribution in [1.29, 1.82) is 0 Å². The number of allylic oxidation sites excluding steroid dienone is 1. The van der Waals surface area contributed by atoms with Gasteiger partial charge in [0, 0.05) is 11.4 Å². The minimum atomic E-state index is -0.707.